The van der Waals surface area contributed by atoms with Crippen LogP contribution in [0.2, 0.25) is 0 Å². The van der Waals surface area contributed by atoms with Crippen LogP contribution in [-0.4, -0.2) is 11.0 Å². The zero-order valence-electron chi connectivity index (χ0n) is 13.3. The van der Waals surface area contributed by atoms with Crippen molar-refractivity contribution in [2.75, 3.05) is 4.90 Å². The lowest BCUT2D eigenvalue weighted by molar-refractivity contribution is 0.670. The van der Waals surface area contributed by atoms with Crippen molar-refractivity contribution in [1.82, 2.24) is 4.98 Å². The van der Waals surface area contributed by atoms with E-state index in [0.717, 1.165) is 23.6 Å². The fourth-order valence-electron chi connectivity index (χ4n) is 2.25. The van der Waals surface area contributed by atoms with Crippen LogP contribution in [0, 0.1) is 0 Å². The number of anilines is 1. The number of pyridine rings is 1. The Bertz CT molecular complexity index is 561. The molecule has 114 valence electrons. The molecule has 2 aromatic heterocycles. The standard InChI is InChI=1S/C17H25N3S/c1-12(2)16-8-14(10-18)9-17(19-16)20(13(3)4)11-15-6-5-7-21-15/h5-9,12-13H,10-11,18H2,1-4H3. The third kappa shape index (κ3) is 4.05. The van der Waals surface area contributed by atoms with Crippen molar-refractivity contribution in [2.45, 2.75) is 52.7 Å². The molecule has 0 aromatic carbocycles. The summed E-state index contributed by atoms with van der Waals surface area (Å²) in [5.74, 6) is 1.44. The average molecular weight is 303 g/mol. The van der Waals surface area contributed by atoms with Crippen LogP contribution in [0.4, 0.5) is 5.82 Å². The van der Waals surface area contributed by atoms with E-state index in [2.05, 4.69) is 62.2 Å². The van der Waals surface area contributed by atoms with E-state index in [1.807, 2.05) is 0 Å². The molecule has 2 heterocycles. The minimum atomic E-state index is 0.396. The van der Waals surface area contributed by atoms with Crippen molar-refractivity contribution < 1.29 is 0 Å². The minimum Gasteiger partial charge on any atom is -0.349 e. The molecule has 0 radical (unpaired) electrons. The predicted molar refractivity (Wildman–Crippen MR) is 91.9 cm³/mol. The summed E-state index contributed by atoms with van der Waals surface area (Å²) in [6.45, 7) is 10.2. The van der Waals surface area contributed by atoms with E-state index in [1.54, 1.807) is 11.3 Å². The SMILES string of the molecule is CC(C)c1cc(CN)cc(N(Cc2cccs2)C(C)C)n1. The number of nitrogens with zero attached hydrogens (tertiary/aromatic N) is 2. The second-order valence-electron chi connectivity index (χ2n) is 5.92. The molecule has 0 fully saturated rings. The van der Waals surface area contributed by atoms with Gasteiger partial charge < -0.3 is 10.6 Å². The lowest BCUT2D eigenvalue weighted by Crippen LogP contribution is -2.31. The monoisotopic (exact) mass is 303 g/mol. The summed E-state index contributed by atoms with van der Waals surface area (Å²) < 4.78 is 0. The normalized spacial score (nSPS) is 11.4. The van der Waals surface area contributed by atoms with Crippen LogP contribution in [0.5, 0.6) is 0 Å². The molecule has 0 aliphatic rings. The fourth-order valence-corrected chi connectivity index (χ4v) is 2.96. The number of aromatic nitrogens is 1. The van der Waals surface area contributed by atoms with Gasteiger partial charge in [-0.3, -0.25) is 0 Å². The summed E-state index contributed by atoms with van der Waals surface area (Å²) in [4.78, 5) is 8.56. The van der Waals surface area contributed by atoms with Gasteiger partial charge in [0.05, 0.1) is 6.54 Å². The third-order valence-corrected chi connectivity index (χ3v) is 4.40. The van der Waals surface area contributed by atoms with Gasteiger partial charge in [0.2, 0.25) is 0 Å². The maximum Gasteiger partial charge on any atom is 0.129 e. The Morgan fingerprint density at radius 2 is 2.00 bits per heavy atom. The molecule has 0 saturated carbocycles. The molecule has 0 aliphatic carbocycles. The Kier molecular flexibility index (Phi) is 5.37. The van der Waals surface area contributed by atoms with Gasteiger partial charge in [0.15, 0.2) is 0 Å². The van der Waals surface area contributed by atoms with Crippen molar-refractivity contribution in [3.63, 3.8) is 0 Å². The second kappa shape index (κ2) is 7.05. The topological polar surface area (TPSA) is 42.1 Å². The molecule has 0 saturated heterocycles. The highest BCUT2D eigenvalue weighted by Crippen LogP contribution is 2.24. The van der Waals surface area contributed by atoms with E-state index in [-0.39, 0.29) is 0 Å². The molecule has 2 rings (SSSR count). The molecular formula is C17H25N3S. The van der Waals surface area contributed by atoms with E-state index >= 15 is 0 Å². The summed E-state index contributed by atoms with van der Waals surface area (Å²) in [5.41, 5.74) is 8.12. The van der Waals surface area contributed by atoms with Gasteiger partial charge >= 0.3 is 0 Å². The van der Waals surface area contributed by atoms with Gasteiger partial charge in [-0.05, 0) is 48.9 Å². The predicted octanol–water partition coefficient (Wildman–Crippen LogP) is 4.14. The molecule has 0 bridgehead atoms. The second-order valence-corrected chi connectivity index (χ2v) is 6.95. The molecule has 2 N–H and O–H groups in total. The Morgan fingerprint density at radius 1 is 1.24 bits per heavy atom. The number of nitrogens with two attached hydrogens (primary N) is 1. The molecule has 4 heteroatoms. The Balaban J connectivity index is 2.37. The lowest BCUT2D eigenvalue weighted by Gasteiger charge is -2.28. The fraction of sp³-hybridized carbons (Fsp3) is 0.471. The van der Waals surface area contributed by atoms with E-state index < -0.39 is 0 Å². The summed E-state index contributed by atoms with van der Waals surface area (Å²) in [5, 5.41) is 2.12. The first-order chi connectivity index (χ1) is 10.0. The van der Waals surface area contributed by atoms with Crippen molar-refractivity contribution >= 4 is 17.2 Å². The summed E-state index contributed by atoms with van der Waals surface area (Å²) in [6.07, 6.45) is 0. The van der Waals surface area contributed by atoms with Gasteiger partial charge in [-0.2, -0.15) is 0 Å². The smallest absolute Gasteiger partial charge is 0.129 e. The molecular weight excluding hydrogens is 278 g/mol. The van der Waals surface area contributed by atoms with Gasteiger partial charge in [-0.1, -0.05) is 19.9 Å². The Morgan fingerprint density at radius 3 is 2.52 bits per heavy atom. The lowest BCUT2D eigenvalue weighted by atomic mass is 10.1. The van der Waals surface area contributed by atoms with Gasteiger partial charge in [0.25, 0.3) is 0 Å². The largest absolute Gasteiger partial charge is 0.349 e. The third-order valence-electron chi connectivity index (χ3n) is 3.54. The zero-order valence-corrected chi connectivity index (χ0v) is 14.2. The summed E-state index contributed by atoms with van der Waals surface area (Å²) in [6, 6.07) is 8.92. The zero-order chi connectivity index (χ0) is 15.4. The molecule has 0 unspecified atom stereocenters. The van der Waals surface area contributed by atoms with Crippen molar-refractivity contribution in [2.24, 2.45) is 5.73 Å². The molecule has 3 nitrogen and oxygen atoms in total. The quantitative estimate of drug-likeness (QED) is 0.872. The first-order valence-corrected chi connectivity index (χ1v) is 8.39. The Labute approximate surface area is 131 Å². The van der Waals surface area contributed by atoms with Crippen LogP contribution in [0.25, 0.3) is 0 Å². The number of thiophene rings is 1. The maximum atomic E-state index is 5.86. The molecule has 0 amide bonds. The maximum absolute atomic E-state index is 5.86. The van der Waals surface area contributed by atoms with Crippen LogP contribution in [0.3, 0.4) is 0 Å². The highest BCUT2D eigenvalue weighted by Gasteiger charge is 2.15. The molecule has 0 spiro atoms. The molecule has 21 heavy (non-hydrogen) atoms. The first-order valence-electron chi connectivity index (χ1n) is 7.51. The Hall–Kier alpha value is -1.39. The van der Waals surface area contributed by atoms with Gasteiger partial charge in [-0.25, -0.2) is 4.98 Å². The molecule has 0 aliphatic heterocycles. The van der Waals surface area contributed by atoms with E-state index in [0.29, 0.717) is 18.5 Å². The summed E-state index contributed by atoms with van der Waals surface area (Å²) in [7, 11) is 0. The van der Waals surface area contributed by atoms with Crippen molar-refractivity contribution in [1.29, 1.82) is 0 Å². The van der Waals surface area contributed by atoms with Crippen molar-refractivity contribution in [3.8, 4) is 0 Å². The summed E-state index contributed by atoms with van der Waals surface area (Å²) >= 11 is 1.79. The van der Waals surface area contributed by atoms with Crippen LogP contribution in [-0.2, 0) is 13.1 Å². The van der Waals surface area contributed by atoms with Crippen LogP contribution in [0.1, 0.15) is 49.7 Å². The van der Waals surface area contributed by atoms with E-state index in [1.165, 1.54) is 4.88 Å². The van der Waals surface area contributed by atoms with Crippen molar-refractivity contribution in [3.05, 3.63) is 45.8 Å². The average Bonchev–Trinajstić information content (AvgIpc) is 2.96. The van der Waals surface area contributed by atoms with E-state index in [9.17, 15) is 0 Å². The molecule has 2 aromatic rings. The number of hydrogen-bond donors (Lipinski definition) is 1. The number of hydrogen-bond acceptors (Lipinski definition) is 4. The number of rotatable bonds is 6. The van der Waals surface area contributed by atoms with Gasteiger partial charge in [0.1, 0.15) is 5.82 Å². The first kappa shape index (κ1) is 16.0. The van der Waals surface area contributed by atoms with Gasteiger partial charge in [-0.15, -0.1) is 11.3 Å². The van der Waals surface area contributed by atoms with Crippen LogP contribution < -0.4 is 10.6 Å². The highest BCUT2D eigenvalue weighted by atomic mass is 32.1. The minimum absolute atomic E-state index is 0.396. The highest BCUT2D eigenvalue weighted by molar-refractivity contribution is 7.09. The van der Waals surface area contributed by atoms with Gasteiger partial charge in [0, 0.05) is 23.2 Å². The van der Waals surface area contributed by atoms with E-state index in [4.69, 9.17) is 10.7 Å². The molecule has 0 atom stereocenters. The van der Waals surface area contributed by atoms with Crippen LogP contribution >= 0.6 is 11.3 Å². The van der Waals surface area contributed by atoms with Crippen LogP contribution in [0.15, 0.2) is 29.6 Å².